The summed E-state index contributed by atoms with van der Waals surface area (Å²) in [6.45, 7) is 0. The van der Waals surface area contributed by atoms with Gasteiger partial charge in [0.15, 0.2) is 0 Å². The van der Waals surface area contributed by atoms with Gasteiger partial charge in [-0.15, -0.1) is 4.48 Å². The van der Waals surface area contributed by atoms with Gasteiger partial charge >= 0.3 is 6.11 Å². The predicted molar refractivity (Wildman–Crippen MR) is 19.1 cm³/mol. The van der Waals surface area contributed by atoms with E-state index >= 15 is 0 Å². The van der Waals surface area contributed by atoms with Crippen LogP contribution in [0.25, 0.3) is 0 Å². The van der Waals surface area contributed by atoms with Gasteiger partial charge in [-0.1, -0.05) is 0 Å². The van der Waals surface area contributed by atoms with E-state index in [1.54, 1.807) is 0 Å². The van der Waals surface area contributed by atoms with Gasteiger partial charge in [-0.05, 0) is 0 Å². The third kappa shape index (κ3) is 1.78. The lowest BCUT2D eigenvalue weighted by atomic mass is 10.6. The van der Waals surface area contributed by atoms with Crippen molar-refractivity contribution in [2.45, 2.75) is 6.11 Å². The van der Waals surface area contributed by atoms with Crippen LogP contribution >= 0.6 is 0 Å². The van der Waals surface area contributed by atoms with E-state index in [9.17, 15) is 13.3 Å². The van der Waals surface area contributed by atoms with Gasteiger partial charge in [0.1, 0.15) is 0 Å². The van der Waals surface area contributed by atoms with E-state index < -0.39 is 11.9 Å². The smallest absolute Gasteiger partial charge is 0.330 e. The van der Waals surface area contributed by atoms with E-state index in [0.717, 1.165) is 0 Å². The second-order valence-electron chi connectivity index (χ2n) is 1.01. The van der Waals surface area contributed by atoms with Crippen molar-refractivity contribution >= 4 is 5.84 Å². The molecule has 0 heterocycles. The molecule has 0 aliphatic rings. The Morgan fingerprint density at radius 3 is 2.00 bits per heavy atom. The Labute approximate surface area is 42.6 Å². The number of rotatable bonds is 1. The Hall–Kier alpha value is -0.780. The number of amidine groups is 1. The van der Waals surface area contributed by atoms with Crippen LogP contribution in [0.1, 0.15) is 0 Å². The molecule has 6 heteroatoms. The Balaban J connectivity index is 3.82. The maximum Gasteiger partial charge on any atom is 0.414 e. The van der Waals surface area contributed by atoms with Crippen LogP contribution in [0.5, 0.6) is 0 Å². The van der Waals surface area contributed by atoms with Gasteiger partial charge in [-0.2, -0.15) is 8.78 Å². The maximum absolute atomic E-state index is 11.1. The highest BCUT2D eigenvalue weighted by molar-refractivity contribution is 5.83. The standard InChI is InChI=1S/C2H3F3N2O/c3-2(4,8)1(6)7-5/h8H,(H2,6,7). The van der Waals surface area contributed by atoms with Crippen molar-refractivity contribution in [1.29, 1.82) is 5.41 Å². The van der Waals surface area contributed by atoms with Gasteiger partial charge < -0.3 is 5.11 Å². The first-order chi connectivity index (χ1) is 3.48. The summed E-state index contributed by atoms with van der Waals surface area (Å²) in [5, 5.41) is 13.3. The van der Waals surface area contributed by atoms with Crippen LogP contribution < -0.4 is 5.54 Å². The van der Waals surface area contributed by atoms with Crippen molar-refractivity contribution in [1.82, 2.24) is 5.54 Å². The minimum atomic E-state index is -4.39. The molecular weight excluding hydrogens is 125 g/mol. The second kappa shape index (κ2) is 1.99. The lowest BCUT2D eigenvalue weighted by Gasteiger charge is -2.04. The molecular formula is C2H3F3N2O. The van der Waals surface area contributed by atoms with Crippen LogP contribution in [0.15, 0.2) is 0 Å². The number of hydrogen-bond donors (Lipinski definition) is 3. The molecule has 8 heavy (non-hydrogen) atoms. The SMILES string of the molecule is N=C(NF)C(O)(F)F. The molecule has 0 spiro atoms. The highest BCUT2D eigenvalue weighted by atomic mass is 19.3. The fraction of sp³-hybridized carbons (Fsp3) is 0.500. The average molecular weight is 128 g/mol. The van der Waals surface area contributed by atoms with E-state index in [1.165, 1.54) is 0 Å². The summed E-state index contributed by atoms with van der Waals surface area (Å²) in [6, 6.07) is 0. The highest BCUT2D eigenvalue weighted by Crippen LogP contribution is 2.06. The van der Waals surface area contributed by atoms with Gasteiger partial charge in [0.25, 0.3) is 0 Å². The van der Waals surface area contributed by atoms with E-state index in [0.29, 0.717) is 0 Å². The molecule has 0 saturated carbocycles. The monoisotopic (exact) mass is 128 g/mol. The molecule has 0 fully saturated rings. The third-order valence-electron chi connectivity index (χ3n) is 0.395. The van der Waals surface area contributed by atoms with Gasteiger partial charge in [0.2, 0.25) is 5.84 Å². The zero-order chi connectivity index (χ0) is 6.78. The molecule has 0 radical (unpaired) electrons. The van der Waals surface area contributed by atoms with E-state index in [4.69, 9.17) is 10.5 Å². The molecule has 0 saturated heterocycles. The Morgan fingerprint density at radius 1 is 1.62 bits per heavy atom. The number of nitrogens with one attached hydrogen (secondary N) is 2. The minimum absolute atomic E-state index is 0.288. The molecule has 0 aliphatic heterocycles. The maximum atomic E-state index is 11.1. The van der Waals surface area contributed by atoms with Crippen molar-refractivity contribution < 1.29 is 18.4 Å². The molecule has 48 valence electrons. The minimum Gasteiger partial charge on any atom is -0.330 e. The summed E-state index contributed by atoms with van der Waals surface area (Å²) in [7, 11) is 0. The van der Waals surface area contributed by atoms with Crippen molar-refractivity contribution in [2.24, 2.45) is 0 Å². The molecule has 0 amide bonds. The van der Waals surface area contributed by atoms with Gasteiger partial charge in [0, 0.05) is 0 Å². The van der Waals surface area contributed by atoms with Crippen LogP contribution in [0, 0.1) is 5.41 Å². The summed E-state index contributed by atoms with van der Waals surface area (Å²) in [4.78, 5) is 0. The molecule has 0 aliphatic carbocycles. The first-order valence-electron chi connectivity index (χ1n) is 1.54. The first-order valence-corrected chi connectivity index (χ1v) is 1.54. The molecule has 3 N–H and O–H groups in total. The van der Waals surface area contributed by atoms with Gasteiger partial charge in [-0.25, -0.2) is 5.54 Å². The number of hydrogen-bond acceptors (Lipinski definition) is 2. The van der Waals surface area contributed by atoms with Crippen LogP contribution in [0.4, 0.5) is 13.3 Å². The fourth-order valence-electron chi connectivity index (χ4n) is 0.0568. The molecule has 0 aromatic heterocycles. The number of halogens is 3. The zero-order valence-electron chi connectivity index (χ0n) is 3.58. The summed E-state index contributed by atoms with van der Waals surface area (Å²) in [5.74, 6) is -1.86. The summed E-state index contributed by atoms with van der Waals surface area (Å²) < 4.78 is 33.1. The van der Waals surface area contributed by atoms with Crippen LogP contribution in [0.3, 0.4) is 0 Å². The molecule has 0 aromatic carbocycles. The van der Waals surface area contributed by atoms with Gasteiger partial charge in [-0.3, -0.25) is 5.41 Å². The number of alkyl halides is 2. The molecule has 0 rings (SSSR count). The van der Waals surface area contributed by atoms with Crippen molar-refractivity contribution in [3.63, 3.8) is 0 Å². The first kappa shape index (κ1) is 7.22. The quantitative estimate of drug-likeness (QED) is 0.265. The van der Waals surface area contributed by atoms with Crippen molar-refractivity contribution in [3.8, 4) is 0 Å². The predicted octanol–water partition coefficient (Wildman–Crippen LogP) is 0.0229. The second-order valence-corrected chi connectivity index (χ2v) is 1.01. The van der Waals surface area contributed by atoms with Crippen LogP contribution in [0.2, 0.25) is 0 Å². The average Bonchev–Trinajstić information content (AvgIpc) is 1.62. The van der Waals surface area contributed by atoms with Gasteiger partial charge in [0.05, 0.1) is 0 Å². The van der Waals surface area contributed by atoms with Crippen molar-refractivity contribution in [2.75, 3.05) is 0 Å². The van der Waals surface area contributed by atoms with Crippen molar-refractivity contribution in [3.05, 3.63) is 0 Å². The summed E-state index contributed by atoms with van der Waals surface area (Å²) in [5.41, 5.74) is 0.288. The summed E-state index contributed by atoms with van der Waals surface area (Å²) in [6.07, 6.45) is -4.39. The Bertz CT molecular complexity index is 97.9. The molecule has 0 aromatic rings. The van der Waals surface area contributed by atoms with E-state index in [-0.39, 0.29) is 5.54 Å². The zero-order valence-corrected chi connectivity index (χ0v) is 3.58. The molecule has 0 atom stereocenters. The lowest BCUT2D eigenvalue weighted by Crippen LogP contribution is -2.34. The van der Waals surface area contributed by atoms with Crippen LogP contribution in [-0.2, 0) is 0 Å². The summed E-state index contributed by atoms with van der Waals surface area (Å²) >= 11 is 0. The van der Waals surface area contributed by atoms with Crippen LogP contribution in [-0.4, -0.2) is 17.1 Å². The lowest BCUT2D eigenvalue weighted by molar-refractivity contribution is -0.140. The van der Waals surface area contributed by atoms with E-state index in [1.807, 2.05) is 0 Å². The largest absolute Gasteiger partial charge is 0.414 e. The molecule has 3 nitrogen and oxygen atoms in total. The normalized spacial score (nSPS) is 11.0. The highest BCUT2D eigenvalue weighted by Gasteiger charge is 2.31. The fourth-order valence-corrected chi connectivity index (χ4v) is 0.0568. The topological polar surface area (TPSA) is 56.1 Å². The van der Waals surface area contributed by atoms with E-state index in [2.05, 4.69) is 0 Å². The molecule has 0 unspecified atom stereocenters. The molecule has 0 bridgehead atoms. The third-order valence-corrected chi connectivity index (χ3v) is 0.395. The number of aliphatic hydroxyl groups is 1. The Kier molecular flexibility index (Phi) is 1.80. The Morgan fingerprint density at radius 2 is 2.00 bits per heavy atom.